The monoisotopic (exact) mass is 317 g/mol. The summed E-state index contributed by atoms with van der Waals surface area (Å²) in [7, 11) is 0. The summed E-state index contributed by atoms with van der Waals surface area (Å²) in [6, 6.07) is 5.08. The molecule has 0 aliphatic heterocycles. The highest BCUT2D eigenvalue weighted by atomic mass is 16.6. The minimum Gasteiger partial charge on any atom is -0.331 e. The lowest BCUT2D eigenvalue weighted by Gasteiger charge is -2.14. The highest BCUT2D eigenvalue weighted by molar-refractivity contribution is 5.89. The number of aromatic nitrogens is 2. The number of nitro benzene ring substituents is 1. The fourth-order valence-corrected chi connectivity index (χ4v) is 2.23. The highest BCUT2D eigenvalue weighted by Gasteiger charge is 2.15. The smallest absolute Gasteiger partial charge is 0.319 e. The molecular formula is C15H19N5O3. The zero-order valence-corrected chi connectivity index (χ0v) is 13.2. The molecule has 1 unspecified atom stereocenters. The summed E-state index contributed by atoms with van der Waals surface area (Å²) >= 11 is 0. The van der Waals surface area contributed by atoms with E-state index in [2.05, 4.69) is 15.7 Å². The SMILES string of the molecule is CCn1cc(C(C)NC(=O)Nc2ccc([N+](=O)[O-])cc2)c(C)n1. The second-order valence-corrected chi connectivity index (χ2v) is 5.15. The van der Waals surface area contributed by atoms with Gasteiger partial charge in [-0.15, -0.1) is 0 Å². The van der Waals surface area contributed by atoms with E-state index in [1.165, 1.54) is 24.3 Å². The van der Waals surface area contributed by atoms with Crippen LogP contribution < -0.4 is 10.6 Å². The van der Waals surface area contributed by atoms with Gasteiger partial charge in [-0.05, 0) is 32.9 Å². The molecule has 122 valence electrons. The first kappa shape index (κ1) is 16.5. The van der Waals surface area contributed by atoms with Crippen LogP contribution in [0.15, 0.2) is 30.5 Å². The van der Waals surface area contributed by atoms with Crippen LogP contribution in [0.5, 0.6) is 0 Å². The number of hydrogen-bond acceptors (Lipinski definition) is 4. The van der Waals surface area contributed by atoms with E-state index < -0.39 is 4.92 Å². The van der Waals surface area contributed by atoms with Gasteiger partial charge in [-0.25, -0.2) is 4.79 Å². The van der Waals surface area contributed by atoms with Crippen LogP contribution in [-0.4, -0.2) is 20.7 Å². The van der Waals surface area contributed by atoms with Crippen molar-refractivity contribution in [3.05, 3.63) is 51.8 Å². The lowest BCUT2D eigenvalue weighted by atomic mass is 10.1. The van der Waals surface area contributed by atoms with E-state index in [1.54, 1.807) is 0 Å². The maximum Gasteiger partial charge on any atom is 0.319 e. The van der Waals surface area contributed by atoms with Crippen molar-refractivity contribution in [3.8, 4) is 0 Å². The van der Waals surface area contributed by atoms with Gasteiger partial charge in [0.15, 0.2) is 0 Å². The number of anilines is 1. The van der Waals surface area contributed by atoms with Gasteiger partial charge in [-0.3, -0.25) is 14.8 Å². The first-order chi connectivity index (χ1) is 10.9. The zero-order valence-electron chi connectivity index (χ0n) is 13.2. The molecule has 0 saturated carbocycles. The summed E-state index contributed by atoms with van der Waals surface area (Å²) in [5.41, 5.74) is 2.29. The van der Waals surface area contributed by atoms with Gasteiger partial charge in [0.2, 0.25) is 0 Å². The third-order valence-electron chi connectivity index (χ3n) is 3.46. The number of amides is 2. The lowest BCUT2D eigenvalue weighted by Crippen LogP contribution is -2.31. The predicted molar refractivity (Wildman–Crippen MR) is 86.3 cm³/mol. The van der Waals surface area contributed by atoms with Crippen LogP contribution >= 0.6 is 0 Å². The van der Waals surface area contributed by atoms with E-state index in [0.29, 0.717) is 5.69 Å². The number of urea groups is 1. The Hall–Kier alpha value is -2.90. The summed E-state index contributed by atoms with van der Waals surface area (Å²) in [5.74, 6) is 0. The number of nitro groups is 1. The van der Waals surface area contributed by atoms with Crippen LogP contribution in [0.2, 0.25) is 0 Å². The fourth-order valence-electron chi connectivity index (χ4n) is 2.23. The molecule has 2 aromatic rings. The molecule has 2 rings (SSSR count). The van der Waals surface area contributed by atoms with E-state index in [0.717, 1.165) is 17.8 Å². The van der Waals surface area contributed by atoms with Crippen molar-refractivity contribution >= 4 is 17.4 Å². The van der Waals surface area contributed by atoms with Gasteiger partial charge in [0, 0.05) is 36.1 Å². The first-order valence-electron chi connectivity index (χ1n) is 7.26. The number of hydrogen-bond donors (Lipinski definition) is 2. The van der Waals surface area contributed by atoms with Gasteiger partial charge in [-0.2, -0.15) is 5.10 Å². The van der Waals surface area contributed by atoms with Crippen LogP contribution in [0.25, 0.3) is 0 Å². The maximum absolute atomic E-state index is 12.0. The van der Waals surface area contributed by atoms with Crippen LogP contribution in [0, 0.1) is 17.0 Å². The second-order valence-electron chi connectivity index (χ2n) is 5.15. The normalized spacial score (nSPS) is 11.8. The van der Waals surface area contributed by atoms with Crippen molar-refractivity contribution in [3.63, 3.8) is 0 Å². The Labute approximate surface area is 133 Å². The molecular weight excluding hydrogens is 298 g/mol. The molecule has 1 atom stereocenters. The number of benzene rings is 1. The average molecular weight is 317 g/mol. The van der Waals surface area contributed by atoms with Crippen molar-refractivity contribution in [1.82, 2.24) is 15.1 Å². The number of carbonyl (C=O) groups excluding carboxylic acids is 1. The molecule has 0 radical (unpaired) electrons. The number of non-ortho nitro benzene ring substituents is 1. The topological polar surface area (TPSA) is 102 Å². The summed E-state index contributed by atoms with van der Waals surface area (Å²) in [6.45, 7) is 6.53. The minimum absolute atomic E-state index is 0.0214. The largest absolute Gasteiger partial charge is 0.331 e. The van der Waals surface area contributed by atoms with Crippen molar-refractivity contribution < 1.29 is 9.72 Å². The van der Waals surface area contributed by atoms with Crippen LogP contribution in [0.4, 0.5) is 16.2 Å². The van der Waals surface area contributed by atoms with Gasteiger partial charge >= 0.3 is 6.03 Å². The predicted octanol–water partition coefficient (Wildman–Crippen LogP) is 3.00. The van der Waals surface area contributed by atoms with Gasteiger partial charge < -0.3 is 10.6 Å². The summed E-state index contributed by atoms with van der Waals surface area (Å²) in [6.07, 6.45) is 1.91. The number of rotatable bonds is 5. The third kappa shape index (κ3) is 4.06. The third-order valence-corrected chi connectivity index (χ3v) is 3.46. The summed E-state index contributed by atoms with van der Waals surface area (Å²) < 4.78 is 1.82. The number of nitrogens with zero attached hydrogens (tertiary/aromatic N) is 3. The Morgan fingerprint density at radius 1 is 1.39 bits per heavy atom. The Morgan fingerprint density at radius 3 is 2.57 bits per heavy atom. The van der Waals surface area contributed by atoms with E-state index in [1.807, 2.05) is 31.6 Å². The van der Waals surface area contributed by atoms with Crippen molar-refractivity contribution in [1.29, 1.82) is 0 Å². The molecule has 23 heavy (non-hydrogen) atoms. The molecule has 0 bridgehead atoms. The van der Waals surface area contributed by atoms with Gasteiger partial charge in [0.1, 0.15) is 0 Å². The lowest BCUT2D eigenvalue weighted by molar-refractivity contribution is -0.384. The van der Waals surface area contributed by atoms with Gasteiger partial charge in [0.25, 0.3) is 5.69 Å². The summed E-state index contributed by atoms with van der Waals surface area (Å²) in [4.78, 5) is 22.1. The second kappa shape index (κ2) is 6.91. The highest BCUT2D eigenvalue weighted by Crippen LogP contribution is 2.18. The standard InChI is InChI=1S/C15H19N5O3/c1-4-19-9-14(11(3)18-19)10(2)16-15(21)17-12-5-7-13(8-6-12)20(22)23/h5-10H,4H2,1-3H3,(H2,16,17,21). The molecule has 0 spiro atoms. The van der Waals surface area contributed by atoms with Crippen molar-refractivity contribution in [2.24, 2.45) is 0 Å². The van der Waals surface area contributed by atoms with Crippen LogP contribution in [0.1, 0.15) is 31.1 Å². The van der Waals surface area contributed by atoms with Gasteiger partial charge in [0.05, 0.1) is 16.7 Å². The molecule has 8 nitrogen and oxygen atoms in total. The molecule has 8 heteroatoms. The molecule has 1 heterocycles. The minimum atomic E-state index is -0.486. The Balaban J connectivity index is 1.98. The number of aryl methyl sites for hydroxylation is 2. The van der Waals surface area contributed by atoms with Crippen molar-refractivity contribution in [2.45, 2.75) is 33.4 Å². The van der Waals surface area contributed by atoms with Crippen LogP contribution in [-0.2, 0) is 6.54 Å². The first-order valence-corrected chi connectivity index (χ1v) is 7.26. The molecule has 1 aromatic carbocycles. The zero-order chi connectivity index (χ0) is 17.0. The van der Waals surface area contributed by atoms with Gasteiger partial charge in [-0.1, -0.05) is 0 Å². The molecule has 2 N–H and O–H groups in total. The van der Waals surface area contributed by atoms with E-state index in [-0.39, 0.29) is 17.8 Å². The molecule has 0 aliphatic carbocycles. The van der Waals surface area contributed by atoms with Crippen LogP contribution in [0.3, 0.4) is 0 Å². The van der Waals surface area contributed by atoms with E-state index >= 15 is 0 Å². The molecule has 1 aromatic heterocycles. The molecule has 0 fully saturated rings. The Kier molecular flexibility index (Phi) is 4.95. The summed E-state index contributed by atoms with van der Waals surface area (Å²) in [5, 5.41) is 20.4. The molecule has 0 saturated heterocycles. The average Bonchev–Trinajstić information content (AvgIpc) is 2.89. The van der Waals surface area contributed by atoms with E-state index in [4.69, 9.17) is 0 Å². The molecule has 2 amide bonds. The Bertz CT molecular complexity index is 708. The van der Waals surface area contributed by atoms with Crippen molar-refractivity contribution in [2.75, 3.05) is 5.32 Å². The maximum atomic E-state index is 12.0. The fraction of sp³-hybridized carbons (Fsp3) is 0.333. The number of nitrogens with one attached hydrogen (secondary N) is 2. The number of carbonyl (C=O) groups is 1. The van der Waals surface area contributed by atoms with E-state index in [9.17, 15) is 14.9 Å². The molecule has 0 aliphatic rings. The Morgan fingerprint density at radius 2 is 2.04 bits per heavy atom. The quantitative estimate of drug-likeness (QED) is 0.653.